The molecule has 26 heavy (non-hydrogen) atoms. The van der Waals surface area contributed by atoms with Crippen molar-refractivity contribution in [3.63, 3.8) is 0 Å². The van der Waals surface area contributed by atoms with Gasteiger partial charge >= 0.3 is 0 Å². The molecule has 0 unspecified atom stereocenters. The first-order valence-corrected chi connectivity index (χ1v) is 7.67. The fourth-order valence-electron chi connectivity index (χ4n) is 2.09. The molecule has 0 aliphatic heterocycles. The van der Waals surface area contributed by atoms with Crippen LogP contribution in [0.25, 0.3) is 0 Å². The van der Waals surface area contributed by atoms with Crippen LogP contribution in [0.15, 0.2) is 48.5 Å². The van der Waals surface area contributed by atoms with E-state index in [-0.39, 0.29) is 0 Å². The van der Waals surface area contributed by atoms with Crippen LogP contribution in [0, 0.1) is 5.82 Å². The Morgan fingerprint density at radius 2 is 1.35 bits per heavy atom. The van der Waals surface area contributed by atoms with Gasteiger partial charge in [0.15, 0.2) is 6.04 Å². The molecule has 1 atom stereocenters. The van der Waals surface area contributed by atoms with Crippen molar-refractivity contribution in [3.05, 3.63) is 54.3 Å². The molecular formula is C18H18FN3O4. The van der Waals surface area contributed by atoms with Gasteiger partial charge in [-0.25, -0.2) is 4.39 Å². The quantitative estimate of drug-likeness (QED) is 0.687. The third-order valence-electron chi connectivity index (χ3n) is 3.34. The van der Waals surface area contributed by atoms with E-state index in [9.17, 15) is 18.8 Å². The maximum atomic E-state index is 12.9. The summed E-state index contributed by atoms with van der Waals surface area (Å²) in [6.45, 7) is 1.19. The van der Waals surface area contributed by atoms with Gasteiger partial charge in [-0.3, -0.25) is 14.4 Å². The van der Waals surface area contributed by atoms with Crippen molar-refractivity contribution in [2.75, 3.05) is 17.7 Å². The van der Waals surface area contributed by atoms with Crippen LogP contribution in [0.5, 0.6) is 5.75 Å². The Kier molecular flexibility index (Phi) is 6.26. The van der Waals surface area contributed by atoms with E-state index in [4.69, 9.17) is 4.74 Å². The van der Waals surface area contributed by atoms with Crippen molar-refractivity contribution in [1.29, 1.82) is 0 Å². The molecule has 0 radical (unpaired) electrons. The highest BCUT2D eigenvalue weighted by atomic mass is 19.1. The lowest BCUT2D eigenvalue weighted by Gasteiger charge is -2.17. The molecule has 0 spiro atoms. The van der Waals surface area contributed by atoms with E-state index in [2.05, 4.69) is 16.0 Å². The Bertz CT molecular complexity index is 791. The van der Waals surface area contributed by atoms with E-state index in [1.165, 1.54) is 38.3 Å². The topological polar surface area (TPSA) is 96.5 Å². The maximum absolute atomic E-state index is 12.9. The van der Waals surface area contributed by atoms with Crippen LogP contribution in [0.2, 0.25) is 0 Å². The molecule has 3 amide bonds. The number of anilines is 2. The number of hydrogen-bond acceptors (Lipinski definition) is 4. The summed E-state index contributed by atoms with van der Waals surface area (Å²) in [5.74, 6) is -1.87. The van der Waals surface area contributed by atoms with Gasteiger partial charge in [0.1, 0.15) is 11.6 Å². The normalized spacial score (nSPS) is 11.2. The number of ether oxygens (including phenoxy) is 1. The van der Waals surface area contributed by atoms with Gasteiger partial charge < -0.3 is 20.7 Å². The molecular weight excluding hydrogens is 341 g/mol. The molecule has 0 bridgehead atoms. The third kappa shape index (κ3) is 5.30. The zero-order chi connectivity index (χ0) is 19.1. The molecule has 2 aromatic carbocycles. The summed E-state index contributed by atoms with van der Waals surface area (Å²) < 4.78 is 18.0. The summed E-state index contributed by atoms with van der Waals surface area (Å²) in [6, 6.07) is 10.0. The Balaban J connectivity index is 2.10. The predicted molar refractivity (Wildman–Crippen MR) is 94.3 cm³/mol. The Hall–Kier alpha value is -3.42. The number of carbonyl (C=O) groups is 3. The fraction of sp³-hybridized carbons (Fsp3) is 0.167. The molecule has 0 aliphatic carbocycles. The Morgan fingerprint density at radius 3 is 1.77 bits per heavy atom. The Labute approximate surface area is 149 Å². The molecule has 0 aromatic heterocycles. The number of hydrogen-bond donors (Lipinski definition) is 3. The van der Waals surface area contributed by atoms with E-state index in [0.29, 0.717) is 17.1 Å². The van der Waals surface area contributed by atoms with E-state index in [1.54, 1.807) is 24.3 Å². The highest BCUT2D eigenvalue weighted by Gasteiger charge is 2.27. The van der Waals surface area contributed by atoms with E-state index in [0.717, 1.165) is 0 Å². The Morgan fingerprint density at radius 1 is 0.885 bits per heavy atom. The SMILES string of the molecule is COc1ccc(NC(=O)[C@H](NC(C)=O)C(=O)Nc2ccc(F)cc2)cc1. The molecule has 0 aliphatic rings. The molecule has 0 heterocycles. The standard InChI is InChI=1S/C18H18FN3O4/c1-11(23)20-16(17(24)21-13-5-3-12(19)4-6-13)18(25)22-14-7-9-15(26-2)10-8-14/h3-10,16H,1-2H3,(H,20,23)(H,21,24)(H,22,25)/t16-/m1/s1. The number of benzene rings is 2. The molecule has 8 heteroatoms. The summed E-state index contributed by atoms with van der Waals surface area (Å²) in [7, 11) is 1.51. The second-order valence-corrected chi connectivity index (χ2v) is 5.35. The van der Waals surface area contributed by atoms with Crippen molar-refractivity contribution >= 4 is 29.1 Å². The highest BCUT2D eigenvalue weighted by Crippen LogP contribution is 2.15. The van der Waals surface area contributed by atoms with Crippen molar-refractivity contribution in [2.24, 2.45) is 0 Å². The second kappa shape index (κ2) is 8.61. The molecule has 7 nitrogen and oxygen atoms in total. The largest absolute Gasteiger partial charge is 0.497 e. The summed E-state index contributed by atoms with van der Waals surface area (Å²) in [5.41, 5.74) is 0.727. The van der Waals surface area contributed by atoms with Crippen LogP contribution in [-0.4, -0.2) is 30.9 Å². The lowest BCUT2D eigenvalue weighted by molar-refractivity contribution is -0.131. The molecule has 2 aromatic rings. The van der Waals surface area contributed by atoms with Crippen molar-refractivity contribution < 1.29 is 23.5 Å². The number of amides is 3. The van der Waals surface area contributed by atoms with Gasteiger partial charge in [0, 0.05) is 18.3 Å². The van der Waals surface area contributed by atoms with Crippen LogP contribution in [0.1, 0.15) is 6.92 Å². The van der Waals surface area contributed by atoms with Gasteiger partial charge in [-0.1, -0.05) is 0 Å². The molecule has 136 valence electrons. The monoisotopic (exact) mass is 359 g/mol. The number of nitrogens with one attached hydrogen (secondary N) is 3. The zero-order valence-corrected chi connectivity index (χ0v) is 14.2. The van der Waals surface area contributed by atoms with Crippen molar-refractivity contribution in [3.8, 4) is 5.75 Å². The fourth-order valence-corrected chi connectivity index (χ4v) is 2.09. The van der Waals surface area contributed by atoms with Crippen LogP contribution in [0.4, 0.5) is 15.8 Å². The molecule has 0 saturated heterocycles. The smallest absolute Gasteiger partial charge is 0.256 e. The van der Waals surface area contributed by atoms with Crippen LogP contribution in [0.3, 0.4) is 0 Å². The number of rotatable bonds is 6. The second-order valence-electron chi connectivity index (χ2n) is 5.35. The molecule has 3 N–H and O–H groups in total. The average Bonchev–Trinajstić information content (AvgIpc) is 2.62. The summed E-state index contributed by atoms with van der Waals surface area (Å²) in [5, 5.41) is 7.29. The molecule has 0 saturated carbocycles. The first-order valence-electron chi connectivity index (χ1n) is 7.67. The van der Waals surface area contributed by atoms with Crippen molar-refractivity contribution in [2.45, 2.75) is 13.0 Å². The molecule has 2 rings (SSSR count). The van der Waals surface area contributed by atoms with Gasteiger partial charge in [0.2, 0.25) is 5.91 Å². The first kappa shape index (κ1) is 18.9. The summed E-state index contributed by atoms with van der Waals surface area (Å²) in [6.07, 6.45) is 0. The van der Waals surface area contributed by atoms with E-state index >= 15 is 0 Å². The van der Waals surface area contributed by atoms with Crippen LogP contribution < -0.4 is 20.7 Å². The predicted octanol–water partition coefficient (Wildman–Crippen LogP) is 1.92. The van der Waals surface area contributed by atoms with E-state index < -0.39 is 29.6 Å². The first-order chi connectivity index (χ1) is 12.4. The van der Waals surface area contributed by atoms with Crippen molar-refractivity contribution in [1.82, 2.24) is 5.32 Å². The lowest BCUT2D eigenvalue weighted by Crippen LogP contribution is -2.50. The minimum Gasteiger partial charge on any atom is -0.497 e. The zero-order valence-electron chi connectivity index (χ0n) is 14.2. The van der Waals surface area contributed by atoms with Gasteiger partial charge in [-0.15, -0.1) is 0 Å². The molecule has 0 fully saturated rings. The highest BCUT2D eigenvalue weighted by molar-refractivity contribution is 6.15. The number of carbonyl (C=O) groups excluding carboxylic acids is 3. The van der Waals surface area contributed by atoms with Gasteiger partial charge in [-0.2, -0.15) is 0 Å². The lowest BCUT2D eigenvalue weighted by atomic mass is 10.2. The van der Waals surface area contributed by atoms with Gasteiger partial charge in [0.25, 0.3) is 11.8 Å². The average molecular weight is 359 g/mol. The maximum Gasteiger partial charge on any atom is 0.256 e. The third-order valence-corrected chi connectivity index (χ3v) is 3.34. The number of halogens is 1. The minimum absolute atomic E-state index is 0.295. The van der Waals surface area contributed by atoms with E-state index in [1.807, 2.05) is 0 Å². The summed E-state index contributed by atoms with van der Waals surface area (Å²) >= 11 is 0. The van der Waals surface area contributed by atoms with Gasteiger partial charge in [-0.05, 0) is 48.5 Å². The minimum atomic E-state index is -1.46. The number of methoxy groups -OCH3 is 1. The summed E-state index contributed by atoms with van der Waals surface area (Å²) in [4.78, 5) is 36.1. The van der Waals surface area contributed by atoms with Crippen LogP contribution >= 0.6 is 0 Å². The van der Waals surface area contributed by atoms with Gasteiger partial charge in [0.05, 0.1) is 7.11 Å². The van der Waals surface area contributed by atoms with Crippen LogP contribution in [-0.2, 0) is 14.4 Å².